The third-order valence-corrected chi connectivity index (χ3v) is 6.02. The van der Waals surface area contributed by atoms with Gasteiger partial charge in [0.05, 0.1) is 24.7 Å². The van der Waals surface area contributed by atoms with Crippen LogP contribution >= 0.6 is 0 Å². The minimum atomic E-state index is -4.38. The van der Waals surface area contributed by atoms with Gasteiger partial charge in [0.15, 0.2) is 5.82 Å². The second kappa shape index (κ2) is 9.48. The number of rotatable bonds is 4. The molecule has 32 heavy (non-hydrogen) atoms. The van der Waals surface area contributed by atoms with Crippen LogP contribution in [0, 0.1) is 0 Å². The fraction of sp³-hybridized carbons (Fsp3) is 0.591. The van der Waals surface area contributed by atoms with E-state index in [0.717, 1.165) is 24.1 Å². The Bertz CT molecular complexity index is 910. The highest BCUT2D eigenvalue weighted by molar-refractivity contribution is 5.75. The number of hydrogen-bond donors (Lipinski definition) is 0. The highest BCUT2D eigenvalue weighted by Crippen LogP contribution is 2.37. The minimum absolute atomic E-state index is 0.0943. The maximum atomic E-state index is 13.2. The number of ether oxygens (including phenoxy) is 1. The van der Waals surface area contributed by atoms with E-state index >= 15 is 0 Å². The monoisotopic (exact) mass is 452 g/mol. The number of halogens is 3. The van der Waals surface area contributed by atoms with Gasteiger partial charge in [0.1, 0.15) is 0 Å². The summed E-state index contributed by atoms with van der Waals surface area (Å²) in [6.45, 7) is 4.91. The topological polar surface area (TPSA) is 71.7 Å². The van der Waals surface area contributed by atoms with Crippen LogP contribution in [0.1, 0.15) is 54.4 Å². The largest absolute Gasteiger partial charge is 0.416 e. The summed E-state index contributed by atoms with van der Waals surface area (Å²) in [6, 6.07) is 5.11. The van der Waals surface area contributed by atoms with E-state index in [1.54, 1.807) is 9.80 Å². The summed E-state index contributed by atoms with van der Waals surface area (Å²) in [5, 5.41) is 4.04. The van der Waals surface area contributed by atoms with Gasteiger partial charge in [0.25, 0.3) is 0 Å². The first kappa shape index (κ1) is 22.6. The molecule has 0 N–H and O–H groups in total. The number of urea groups is 1. The van der Waals surface area contributed by atoms with Crippen LogP contribution in [-0.4, -0.2) is 65.4 Å². The number of aryl methyl sites for hydroxylation is 1. The smallest absolute Gasteiger partial charge is 0.378 e. The third kappa shape index (κ3) is 5.06. The molecule has 2 aromatic rings. The number of nitrogens with zero attached hydrogens (tertiary/aromatic N) is 4. The number of alkyl halides is 3. The van der Waals surface area contributed by atoms with Gasteiger partial charge >= 0.3 is 12.2 Å². The molecule has 3 heterocycles. The maximum Gasteiger partial charge on any atom is 0.416 e. The number of aromatic nitrogens is 2. The Kier molecular flexibility index (Phi) is 6.68. The van der Waals surface area contributed by atoms with E-state index in [9.17, 15) is 18.0 Å². The van der Waals surface area contributed by atoms with Gasteiger partial charge < -0.3 is 19.1 Å². The highest BCUT2D eigenvalue weighted by Gasteiger charge is 2.37. The molecule has 0 aliphatic carbocycles. The van der Waals surface area contributed by atoms with E-state index in [2.05, 4.69) is 10.1 Å². The van der Waals surface area contributed by atoms with Gasteiger partial charge in [-0.2, -0.15) is 18.2 Å². The first-order valence-electron chi connectivity index (χ1n) is 11.0. The Hall–Kier alpha value is -2.62. The average Bonchev–Trinajstić information content (AvgIpc) is 3.27. The molecule has 2 aliphatic heterocycles. The molecule has 2 aliphatic rings. The van der Waals surface area contributed by atoms with Crippen molar-refractivity contribution in [3.05, 3.63) is 47.1 Å². The summed E-state index contributed by atoms with van der Waals surface area (Å²) in [7, 11) is 0. The van der Waals surface area contributed by atoms with Crippen LogP contribution in [0.3, 0.4) is 0 Å². The molecule has 2 unspecified atom stereocenters. The Morgan fingerprint density at radius 3 is 2.44 bits per heavy atom. The molecule has 7 nitrogen and oxygen atoms in total. The normalized spacial score (nSPS) is 22.2. The molecule has 10 heteroatoms. The minimum Gasteiger partial charge on any atom is -0.378 e. The molecule has 2 fully saturated rings. The van der Waals surface area contributed by atoms with Crippen molar-refractivity contribution in [3.63, 3.8) is 0 Å². The fourth-order valence-electron chi connectivity index (χ4n) is 4.33. The molecule has 4 rings (SSSR count). The lowest BCUT2D eigenvalue weighted by Crippen LogP contribution is -2.52. The molecule has 1 aromatic heterocycles. The van der Waals surface area contributed by atoms with Gasteiger partial charge in [-0.1, -0.05) is 24.2 Å². The highest BCUT2D eigenvalue weighted by atomic mass is 19.4. The second-order valence-electron chi connectivity index (χ2n) is 8.34. The fourth-order valence-corrected chi connectivity index (χ4v) is 4.33. The van der Waals surface area contributed by atoms with Gasteiger partial charge in [0, 0.05) is 38.5 Å². The van der Waals surface area contributed by atoms with Crippen LogP contribution in [-0.2, 0) is 17.3 Å². The number of benzene rings is 1. The molecule has 2 saturated heterocycles. The van der Waals surface area contributed by atoms with Gasteiger partial charge in [-0.3, -0.25) is 0 Å². The van der Waals surface area contributed by atoms with Crippen molar-refractivity contribution < 1.29 is 27.2 Å². The van der Waals surface area contributed by atoms with Crippen molar-refractivity contribution in [1.82, 2.24) is 19.9 Å². The molecule has 0 saturated carbocycles. The SMILES string of the molecule is CCCc1noc(C2CC(c3ccc(C(F)(F)F)cc3)CN(C(=O)N3CCOCC3)C2)n1. The Morgan fingerprint density at radius 1 is 1.09 bits per heavy atom. The molecule has 0 spiro atoms. The van der Waals surface area contributed by atoms with Gasteiger partial charge in [-0.25, -0.2) is 4.79 Å². The summed E-state index contributed by atoms with van der Waals surface area (Å²) in [5.74, 6) is 0.789. The van der Waals surface area contributed by atoms with Crippen molar-refractivity contribution in [3.8, 4) is 0 Å². The van der Waals surface area contributed by atoms with Crippen LogP contribution < -0.4 is 0 Å². The zero-order valence-electron chi connectivity index (χ0n) is 18.0. The zero-order chi connectivity index (χ0) is 22.7. The molecular formula is C22H27F3N4O3. The van der Waals surface area contributed by atoms with E-state index in [-0.39, 0.29) is 17.9 Å². The average molecular weight is 452 g/mol. The molecule has 1 aromatic carbocycles. The molecule has 174 valence electrons. The van der Waals surface area contributed by atoms with Gasteiger partial charge in [-0.15, -0.1) is 0 Å². The molecule has 0 radical (unpaired) electrons. The van der Waals surface area contributed by atoms with Crippen LogP contribution in [0.15, 0.2) is 28.8 Å². The lowest BCUT2D eigenvalue weighted by atomic mass is 9.84. The maximum absolute atomic E-state index is 13.2. The number of amides is 2. The van der Waals surface area contributed by atoms with Crippen LogP contribution in [0.2, 0.25) is 0 Å². The summed E-state index contributed by atoms with van der Waals surface area (Å²) in [6.07, 6.45) is -2.17. The van der Waals surface area contributed by atoms with Crippen LogP contribution in [0.5, 0.6) is 0 Å². The number of morpholine rings is 1. The number of piperidine rings is 1. The van der Waals surface area contributed by atoms with E-state index in [1.807, 2.05) is 6.92 Å². The first-order chi connectivity index (χ1) is 15.3. The van der Waals surface area contributed by atoms with Crippen molar-refractivity contribution in [1.29, 1.82) is 0 Å². The third-order valence-electron chi connectivity index (χ3n) is 6.02. The van der Waals surface area contributed by atoms with Gasteiger partial charge in [0.2, 0.25) is 5.89 Å². The number of likely N-dealkylation sites (tertiary alicyclic amines) is 1. The molecular weight excluding hydrogens is 425 g/mol. The Labute approximate surface area is 184 Å². The van der Waals surface area contributed by atoms with Crippen LogP contribution in [0.25, 0.3) is 0 Å². The lowest BCUT2D eigenvalue weighted by molar-refractivity contribution is -0.137. The van der Waals surface area contributed by atoms with E-state index in [4.69, 9.17) is 9.26 Å². The Balaban J connectivity index is 1.57. The summed E-state index contributed by atoms with van der Waals surface area (Å²) in [5.41, 5.74) is 0.0757. The molecule has 0 bridgehead atoms. The summed E-state index contributed by atoms with van der Waals surface area (Å²) in [4.78, 5) is 21.2. The van der Waals surface area contributed by atoms with Gasteiger partial charge in [-0.05, 0) is 30.5 Å². The van der Waals surface area contributed by atoms with Crippen molar-refractivity contribution in [2.45, 2.75) is 44.2 Å². The summed E-state index contributed by atoms with van der Waals surface area (Å²) < 4.78 is 49.8. The second-order valence-corrected chi connectivity index (χ2v) is 8.34. The lowest BCUT2D eigenvalue weighted by Gasteiger charge is -2.40. The first-order valence-corrected chi connectivity index (χ1v) is 11.0. The van der Waals surface area contributed by atoms with Crippen molar-refractivity contribution >= 4 is 6.03 Å². The van der Waals surface area contributed by atoms with Crippen molar-refractivity contribution in [2.24, 2.45) is 0 Å². The van der Waals surface area contributed by atoms with E-state index in [0.29, 0.717) is 63.9 Å². The predicted octanol–water partition coefficient (Wildman–Crippen LogP) is 4.07. The molecule has 2 amide bonds. The summed E-state index contributed by atoms with van der Waals surface area (Å²) >= 11 is 0. The quantitative estimate of drug-likeness (QED) is 0.700. The van der Waals surface area contributed by atoms with E-state index in [1.165, 1.54) is 12.1 Å². The standard InChI is InChI=1S/C22H27F3N4O3/c1-2-3-19-26-20(32-27-19)17-12-16(15-4-6-18(7-5-15)22(23,24)25)13-29(14-17)21(30)28-8-10-31-11-9-28/h4-7,16-17H,2-3,8-14H2,1H3. The number of carbonyl (C=O) groups is 1. The molecule has 2 atom stereocenters. The van der Waals surface area contributed by atoms with E-state index < -0.39 is 11.7 Å². The van der Waals surface area contributed by atoms with Crippen LogP contribution in [0.4, 0.5) is 18.0 Å². The predicted molar refractivity (Wildman–Crippen MR) is 109 cm³/mol. The number of carbonyl (C=O) groups excluding carboxylic acids is 1. The van der Waals surface area contributed by atoms with Crippen molar-refractivity contribution in [2.75, 3.05) is 39.4 Å². The Morgan fingerprint density at radius 2 is 1.78 bits per heavy atom. The zero-order valence-corrected chi connectivity index (χ0v) is 18.0. The number of hydrogen-bond acceptors (Lipinski definition) is 5.